The minimum absolute atomic E-state index is 0.00249. The van der Waals surface area contributed by atoms with Gasteiger partial charge in [0.25, 0.3) is 5.91 Å². The number of hydrogen-bond acceptors (Lipinski definition) is 4. The Morgan fingerprint density at radius 2 is 1.40 bits per heavy atom. The van der Waals surface area contributed by atoms with Gasteiger partial charge in [0.1, 0.15) is 11.3 Å². The van der Waals surface area contributed by atoms with Crippen LogP contribution in [0.25, 0.3) is 16.6 Å². The fourth-order valence-corrected chi connectivity index (χ4v) is 6.38. The second kappa shape index (κ2) is 12.5. The van der Waals surface area contributed by atoms with Crippen LogP contribution in [0.1, 0.15) is 44.5 Å². The van der Waals surface area contributed by atoms with Gasteiger partial charge in [0.2, 0.25) is 0 Å². The van der Waals surface area contributed by atoms with Crippen LogP contribution in [0.15, 0.2) is 146 Å². The molecule has 3 aromatic heterocycles. The summed E-state index contributed by atoms with van der Waals surface area (Å²) in [5.74, 6) is -0.858. The van der Waals surface area contributed by atoms with Crippen LogP contribution in [-0.4, -0.2) is 33.0 Å². The number of hydrogen-bond donors (Lipinski definition) is 1. The van der Waals surface area contributed by atoms with E-state index in [4.69, 9.17) is 9.84 Å². The number of aromatic nitrogens is 3. The molecule has 0 atom stereocenters. The first kappa shape index (κ1) is 30.4. The van der Waals surface area contributed by atoms with E-state index in [0.29, 0.717) is 22.5 Å². The molecule has 7 aromatic rings. The number of fused-ring (bicyclic) bond motifs is 1. The van der Waals surface area contributed by atoms with E-state index >= 15 is 4.39 Å². The lowest BCUT2D eigenvalue weighted by atomic mass is 9.77. The molecule has 0 unspecified atom stereocenters. The minimum Gasteiger partial charge on any atom is -0.497 e. The van der Waals surface area contributed by atoms with E-state index < -0.39 is 17.3 Å². The molecule has 0 bridgehead atoms. The maximum Gasteiger partial charge on any atom is 0.257 e. The van der Waals surface area contributed by atoms with Crippen molar-refractivity contribution in [1.82, 2.24) is 14.2 Å². The van der Waals surface area contributed by atoms with Gasteiger partial charge >= 0.3 is 0 Å². The number of benzene rings is 4. The molecule has 7 nitrogen and oxygen atoms in total. The van der Waals surface area contributed by atoms with E-state index in [0.717, 1.165) is 16.7 Å². The number of nitrogens with one attached hydrogen (secondary N) is 1. The van der Waals surface area contributed by atoms with E-state index in [-0.39, 0.29) is 22.6 Å². The van der Waals surface area contributed by atoms with Gasteiger partial charge in [0.05, 0.1) is 35.8 Å². The van der Waals surface area contributed by atoms with Crippen molar-refractivity contribution in [3.05, 3.63) is 180 Å². The predicted molar refractivity (Wildman–Crippen MR) is 184 cm³/mol. The summed E-state index contributed by atoms with van der Waals surface area (Å²) < 4.78 is 25.2. The Hall–Kier alpha value is -6.28. The predicted octanol–water partition coefficient (Wildman–Crippen LogP) is 8.25. The van der Waals surface area contributed by atoms with Gasteiger partial charge in [-0.05, 0) is 34.9 Å². The molecule has 4 aromatic carbocycles. The van der Waals surface area contributed by atoms with Gasteiger partial charge in [-0.1, -0.05) is 103 Å². The van der Waals surface area contributed by atoms with Crippen molar-refractivity contribution in [3.63, 3.8) is 0 Å². The molecule has 0 saturated carbocycles. The molecule has 0 aliphatic heterocycles. The van der Waals surface area contributed by atoms with Crippen LogP contribution in [0.5, 0.6) is 5.75 Å². The molecule has 3 heterocycles. The second-order valence-corrected chi connectivity index (χ2v) is 11.4. The highest BCUT2D eigenvalue weighted by Gasteiger charge is 2.39. The Morgan fingerprint density at radius 3 is 1.96 bits per heavy atom. The van der Waals surface area contributed by atoms with Gasteiger partial charge in [0, 0.05) is 36.5 Å². The molecule has 0 fully saturated rings. The minimum atomic E-state index is -0.865. The van der Waals surface area contributed by atoms with Crippen molar-refractivity contribution in [2.24, 2.45) is 0 Å². The largest absolute Gasteiger partial charge is 0.497 e. The van der Waals surface area contributed by atoms with Gasteiger partial charge < -0.3 is 14.5 Å². The van der Waals surface area contributed by atoms with Gasteiger partial charge in [-0.3, -0.25) is 14.3 Å². The summed E-state index contributed by atoms with van der Waals surface area (Å²) >= 11 is 0. The quantitative estimate of drug-likeness (QED) is 0.128. The van der Waals surface area contributed by atoms with Crippen LogP contribution < -0.4 is 10.1 Å². The summed E-state index contributed by atoms with van der Waals surface area (Å²) in [6.07, 6.45) is 5.14. The number of amides is 1. The summed E-state index contributed by atoms with van der Waals surface area (Å²) in [4.78, 5) is 26.0. The van der Waals surface area contributed by atoms with Crippen molar-refractivity contribution < 1.29 is 18.7 Å². The van der Waals surface area contributed by atoms with Gasteiger partial charge in [0.15, 0.2) is 11.6 Å². The normalized spacial score (nSPS) is 11.4. The fourth-order valence-electron chi connectivity index (χ4n) is 6.38. The molecule has 0 aliphatic carbocycles. The van der Waals surface area contributed by atoms with Crippen molar-refractivity contribution in [2.75, 3.05) is 12.4 Å². The van der Waals surface area contributed by atoms with Crippen molar-refractivity contribution in [1.29, 1.82) is 0 Å². The van der Waals surface area contributed by atoms with Crippen molar-refractivity contribution in [2.45, 2.75) is 12.5 Å². The third-order valence-electron chi connectivity index (χ3n) is 8.64. The molecule has 7 rings (SSSR count). The summed E-state index contributed by atoms with van der Waals surface area (Å²) in [5.41, 5.74) is 3.92. The van der Waals surface area contributed by atoms with Gasteiger partial charge in [-0.25, -0.2) is 4.39 Å². The molecule has 0 saturated heterocycles. The molecule has 1 amide bonds. The lowest BCUT2D eigenvalue weighted by Crippen LogP contribution is -2.38. The van der Waals surface area contributed by atoms with E-state index in [1.807, 2.05) is 65.5 Å². The number of nitrogens with zero attached hydrogens (tertiary/aromatic N) is 3. The first-order chi connectivity index (χ1) is 23.4. The number of carbonyl (C=O) groups excluding carboxylic acids is 2. The lowest BCUT2D eigenvalue weighted by Gasteiger charge is -2.36. The van der Waals surface area contributed by atoms with Crippen LogP contribution >= 0.6 is 0 Å². The van der Waals surface area contributed by atoms with Crippen molar-refractivity contribution in [3.8, 4) is 16.9 Å². The zero-order valence-corrected chi connectivity index (χ0v) is 26.3. The van der Waals surface area contributed by atoms with Gasteiger partial charge in [-0.2, -0.15) is 5.10 Å². The zero-order valence-electron chi connectivity index (χ0n) is 26.3. The standard InChI is InChI=1S/C40H31FN4O3/c1-27(46)36-24-34(37-23-32(48-2)21-22-44(36)37)39(47)43-35-20-12-19-33(38(35)41)28-25-42-45(26-28)40(29-13-6-3-7-14-29,30-15-8-4-9-16-30)31-17-10-5-11-18-31/h3-26H,1-2H3,(H,43,47). The topological polar surface area (TPSA) is 77.6 Å². The van der Waals surface area contributed by atoms with Crippen molar-refractivity contribution >= 4 is 22.9 Å². The van der Waals surface area contributed by atoms with Crippen LogP contribution in [0.2, 0.25) is 0 Å². The fraction of sp³-hybridized carbons (Fsp3) is 0.0750. The molecular weight excluding hydrogens is 603 g/mol. The van der Waals surface area contributed by atoms with Gasteiger partial charge in [-0.15, -0.1) is 0 Å². The SMILES string of the molecule is COc1ccn2c(C(C)=O)cc(C(=O)Nc3cccc(-c4cnn(C(c5ccccc5)(c5ccccc5)c5ccccc5)c4)c3F)c2c1. The molecule has 8 heteroatoms. The van der Waals surface area contributed by atoms with Crippen LogP contribution in [0.4, 0.5) is 10.1 Å². The van der Waals surface area contributed by atoms with E-state index in [1.54, 1.807) is 41.1 Å². The number of carbonyl (C=O) groups is 2. The number of ketones is 1. The Morgan fingerprint density at radius 1 is 0.792 bits per heavy atom. The van der Waals surface area contributed by atoms with E-state index in [1.165, 1.54) is 26.2 Å². The number of pyridine rings is 1. The molecule has 48 heavy (non-hydrogen) atoms. The summed E-state index contributed by atoms with van der Waals surface area (Å²) in [6, 6.07) is 40.0. The summed E-state index contributed by atoms with van der Waals surface area (Å²) in [5, 5.41) is 7.59. The number of rotatable bonds is 9. The number of methoxy groups -OCH3 is 1. The monoisotopic (exact) mass is 634 g/mol. The first-order valence-electron chi connectivity index (χ1n) is 15.4. The second-order valence-electron chi connectivity index (χ2n) is 11.4. The molecular formula is C40H31FN4O3. The number of ether oxygens (including phenoxy) is 1. The maximum absolute atomic E-state index is 16.3. The lowest BCUT2D eigenvalue weighted by molar-refractivity contribution is 0.101. The molecule has 0 spiro atoms. The Balaban J connectivity index is 1.31. The molecule has 1 N–H and O–H groups in total. The average Bonchev–Trinajstić information content (AvgIpc) is 3.77. The maximum atomic E-state index is 16.3. The first-order valence-corrected chi connectivity index (χ1v) is 15.4. The Labute approximate surface area is 276 Å². The highest BCUT2D eigenvalue weighted by molar-refractivity contribution is 6.11. The Bertz CT molecular complexity index is 2160. The molecule has 236 valence electrons. The third-order valence-corrected chi connectivity index (χ3v) is 8.64. The molecule has 0 aliphatic rings. The van der Waals surface area contributed by atoms with E-state index in [2.05, 4.69) is 41.7 Å². The zero-order chi connectivity index (χ0) is 33.3. The summed E-state index contributed by atoms with van der Waals surface area (Å²) in [7, 11) is 1.52. The number of Topliss-reactive ketones (excluding diaryl/α,β-unsaturated/α-hetero) is 1. The average molecular weight is 635 g/mol. The molecule has 0 radical (unpaired) electrons. The smallest absolute Gasteiger partial charge is 0.257 e. The van der Waals surface area contributed by atoms with Crippen LogP contribution in [0, 0.1) is 5.82 Å². The highest BCUT2D eigenvalue weighted by Crippen LogP contribution is 2.41. The van der Waals surface area contributed by atoms with Crippen LogP contribution in [0.3, 0.4) is 0 Å². The van der Waals surface area contributed by atoms with E-state index in [9.17, 15) is 9.59 Å². The third kappa shape index (κ3) is 5.13. The number of halogens is 1. The number of anilines is 1. The highest BCUT2D eigenvalue weighted by atomic mass is 19.1. The van der Waals surface area contributed by atoms with Crippen LogP contribution in [-0.2, 0) is 5.54 Å². The Kier molecular flexibility index (Phi) is 7.90. The summed E-state index contributed by atoms with van der Waals surface area (Å²) in [6.45, 7) is 1.43.